The van der Waals surface area contributed by atoms with Crippen molar-refractivity contribution in [1.29, 1.82) is 0 Å². The van der Waals surface area contributed by atoms with Gasteiger partial charge in [-0.3, -0.25) is 0 Å². The molecule has 0 spiro atoms. The molecule has 1 aromatic carbocycles. The van der Waals surface area contributed by atoms with Crippen molar-refractivity contribution in [3.63, 3.8) is 0 Å². The van der Waals surface area contributed by atoms with Gasteiger partial charge in [-0.25, -0.2) is 0 Å². The van der Waals surface area contributed by atoms with Crippen LogP contribution in [0, 0.1) is 0 Å². The van der Waals surface area contributed by atoms with Gasteiger partial charge < -0.3 is 10.8 Å². The molecule has 0 heterocycles. The van der Waals surface area contributed by atoms with Gasteiger partial charge in [0.2, 0.25) is 0 Å². The van der Waals surface area contributed by atoms with E-state index < -0.39 is 0 Å². The summed E-state index contributed by atoms with van der Waals surface area (Å²) in [6.45, 7) is 3.80. The zero-order valence-electron chi connectivity index (χ0n) is 8.38. The van der Waals surface area contributed by atoms with Crippen LogP contribution < -0.4 is 5.73 Å². The highest BCUT2D eigenvalue weighted by Gasteiger charge is 2.04. The molecule has 0 bridgehead atoms. The highest BCUT2D eigenvalue weighted by molar-refractivity contribution is 5.39. The van der Waals surface area contributed by atoms with Gasteiger partial charge in [0.15, 0.2) is 0 Å². The third-order valence-electron chi connectivity index (χ3n) is 1.97. The maximum absolute atomic E-state index is 9.03. The second kappa shape index (κ2) is 4.72. The fourth-order valence-corrected chi connectivity index (χ4v) is 0.782. The monoisotopic (exact) mass is 193 g/mol. The Morgan fingerprint density at radius 2 is 1.79 bits per heavy atom. The van der Waals surface area contributed by atoms with Crippen molar-refractivity contribution in [2.75, 3.05) is 0 Å². The average molecular weight is 193 g/mol. The number of nitrogens with zero attached hydrogens (tertiary/aromatic N) is 2. The lowest BCUT2D eigenvalue weighted by Crippen LogP contribution is -2.26. The van der Waals surface area contributed by atoms with Crippen molar-refractivity contribution in [1.82, 2.24) is 0 Å². The summed E-state index contributed by atoms with van der Waals surface area (Å²) in [5.74, 6) is 0.226. The van der Waals surface area contributed by atoms with Gasteiger partial charge in [-0.15, -0.1) is 0 Å². The van der Waals surface area contributed by atoms with Crippen LogP contribution in [0.3, 0.4) is 0 Å². The van der Waals surface area contributed by atoms with Gasteiger partial charge in [0.25, 0.3) is 0 Å². The van der Waals surface area contributed by atoms with E-state index in [0.717, 1.165) is 5.69 Å². The molecule has 76 valence electrons. The standard InChI is InChI=1S/C10H15N3O/c1-7(11)8(2)12-13-9-3-5-10(14)6-4-9/h3-8,14H,11H2,1-2H3/t7-,8?/m0/s1. The maximum Gasteiger partial charge on any atom is 0.115 e. The Hall–Kier alpha value is -1.42. The third kappa shape index (κ3) is 3.14. The van der Waals surface area contributed by atoms with Crippen LogP contribution >= 0.6 is 0 Å². The van der Waals surface area contributed by atoms with E-state index in [0.29, 0.717) is 0 Å². The summed E-state index contributed by atoms with van der Waals surface area (Å²) < 4.78 is 0. The van der Waals surface area contributed by atoms with Crippen molar-refractivity contribution < 1.29 is 5.11 Å². The summed E-state index contributed by atoms with van der Waals surface area (Å²) in [5.41, 5.74) is 6.35. The number of azo groups is 1. The second-order valence-electron chi connectivity index (χ2n) is 3.33. The molecule has 0 saturated carbocycles. The minimum atomic E-state index is -0.00383. The molecule has 4 heteroatoms. The molecule has 1 unspecified atom stereocenters. The van der Waals surface area contributed by atoms with Crippen molar-refractivity contribution in [3.8, 4) is 5.75 Å². The Morgan fingerprint density at radius 1 is 1.21 bits per heavy atom. The van der Waals surface area contributed by atoms with E-state index in [4.69, 9.17) is 10.8 Å². The molecule has 0 radical (unpaired) electrons. The highest BCUT2D eigenvalue weighted by atomic mass is 16.3. The van der Waals surface area contributed by atoms with Gasteiger partial charge >= 0.3 is 0 Å². The molecular weight excluding hydrogens is 178 g/mol. The van der Waals surface area contributed by atoms with Crippen LogP contribution in [0.5, 0.6) is 5.75 Å². The molecule has 0 saturated heterocycles. The van der Waals surface area contributed by atoms with E-state index in [1.165, 1.54) is 0 Å². The van der Waals surface area contributed by atoms with E-state index in [-0.39, 0.29) is 17.8 Å². The second-order valence-corrected chi connectivity index (χ2v) is 3.33. The topological polar surface area (TPSA) is 71.0 Å². The first-order valence-electron chi connectivity index (χ1n) is 4.55. The van der Waals surface area contributed by atoms with Crippen molar-refractivity contribution in [2.45, 2.75) is 25.9 Å². The van der Waals surface area contributed by atoms with E-state index in [1.807, 2.05) is 13.8 Å². The molecular formula is C10H15N3O. The molecule has 0 aliphatic heterocycles. The van der Waals surface area contributed by atoms with Crippen molar-refractivity contribution in [2.24, 2.45) is 16.0 Å². The summed E-state index contributed by atoms with van der Waals surface area (Å²) in [5, 5.41) is 17.1. The summed E-state index contributed by atoms with van der Waals surface area (Å²) in [6, 6.07) is 6.55. The molecule has 1 rings (SSSR count). The summed E-state index contributed by atoms with van der Waals surface area (Å²) in [7, 11) is 0. The van der Waals surface area contributed by atoms with E-state index in [1.54, 1.807) is 24.3 Å². The van der Waals surface area contributed by atoms with Crippen molar-refractivity contribution in [3.05, 3.63) is 24.3 Å². The molecule has 1 aromatic rings. The molecule has 0 aliphatic carbocycles. The Labute approximate surface area is 83.5 Å². The molecule has 14 heavy (non-hydrogen) atoms. The molecule has 0 amide bonds. The van der Waals surface area contributed by atoms with Gasteiger partial charge in [0.1, 0.15) is 5.75 Å². The number of rotatable bonds is 3. The maximum atomic E-state index is 9.03. The van der Waals surface area contributed by atoms with E-state index in [2.05, 4.69) is 10.2 Å². The van der Waals surface area contributed by atoms with Gasteiger partial charge in [-0.05, 0) is 38.1 Å². The molecule has 0 fully saturated rings. The molecule has 3 N–H and O–H groups in total. The normalized spacial score (nSPS) is 15.6. The van der Waals surface area contributed by atoms with Crippen LogP contribution in [0.15, 0.2) is 34.5 Å². The van der Waals surface area contributed by atoms with Crippen LogP contribution in [0.1, 0.15) is 13.8 Å². The van der Waals surface area contributed by atoms with E-state index in [9.17, 15) is 0 Å². The third-order valence-corrected chi connectivity index (χ3v) is 1.97. The van der Waals surface area contributed by atoms with Crippen molar-refractivity contribution >= 4 is 5.69 Å². The van der Waals surface area contributed by atoms with Gasteiger partial charge in [-0.1, -0.05) is 0 Å². The van der Waals surface area contributed by atoms with Crippen LogP contribution in [0.25, 0.3) is 0 Å². The SMILES string of the molecule is CC(N=Nc1ccc(O)cc1)[C@H](C)N. The molecule has 4 nitrogen and oxygen atoms in total. The fourth-order valence-electron chi connectivity index (χ4n) is 0.782. The van der Waals surface area contributed by atoms with E-state index >= 15 is 0 Å². The lowest BCUT2D eigenvalue weighted by Gasteiger charge is -2.07. The minimum absolute atomic E-state index is 0.00352. The predicted molar refractivity (Wildman–Crippen MR) is 55.7 cm³/mol. The summed E-state index contributed by atoms with van der Waals surface area (Å²) in [4.78, 5) is 0. The molecule has 0 aromatic heterocycles. The number of hydrogen-bond acceptors (Lipinski definition) is 4. The zero-order chi connectivity index (χ0) is 10.6. The zero-order valence-corrected chi connectivity index (χ0v) is 8.38. The molecule has 2 atom stereocenters. The smallest absolute Gasteiger partial charge is 0.115 e. The van der Waals surface area contributed by atoms with Gasteiger partial charge in [-0.2, -0.15) is 10.2 Å². The number of phenols is 1. The largest absolute Gasteiger partial charge is 0.508 e. The summed E-state index contributed by atoms with van der Waals surface area (Å²) >= 11 is 0. The number of nitrogens with two attached hydrogens (primary N) is 1. The van der Waals surface area contributed by atoms with Crippen LogP contribution in [0.4, 0.5) is 5.69 Å². The Balaban J connectivity index is 2.64. The fraction of sp³-hybridized carbons (Fsp3) is 0.400. The van der Waals surface area contributed by atoms with Crippen LogP contribution in [-0.4, -0.2) is 17.2 Å². The Kier molecular flexibility index (Phi) is 3.59. The van der Waals surface area contributed by atoms with Crippen LogP contribution in [-0.2, 0) is 0 Å². The summed E-state index contributed by atoms with van der Waals surface area (Å²) in [6.07, 6.45) is 0. The van der Waals surface area contributed by atoms with Gasteiger partial charge in [0, 0.05) is 6.04 Å². The van der Waals surface area contributed by atoms with Crippen LogP contribution in [0.2, 0.25) is 0 Å². The Bertz CT molecular complexity index is 306. The van der Waals surface area contributed by atoms with Gasteiger partial charge in [0.05, 0.1) is 11.7 Å². The molecule has 0 aliphatic rings. The highest BCUT2D eigenvalue weighted by Crippen LogP contribution is 2.17. The number of benzene rings is 1. The first-order chi connectivity index (χ1) is 6.59. The minimum Gasteiger partial charge on any atom is -0.508 e. The number of phenolic OH excluding ortho intramolecular Hbond substituents is 1. The first kappa shape index (κ1) is 10.7. The predicted octanol–water partition coefficient (Wildman–Crippen LogP) is 2.21. The lowest BCUT2D eigenvalue weighted by molar-refractivity contribution is 0.475. The number of hydrogen-bond donors (Lipinski definition) is 2. The average Bonchev–Trinajstić information content (AvgIpc) is 2.16. The quantitative estimate of drug-likeness (QED) is 0.722. The number of aromatic hydroxyl groups is 1. The first-order valence-corrected chi connectivity index (χ1v) is 4.55. The Morgan fingerprint density at radius 3 is 2.29 bits per heavy atom. The lowest BCUT2D eigenvalue weighted by atomic mass is 10.2.